The number of nitrogens with zero attached hydrogens (tertiary/aromatic N) is 1. The van der Waals surface area contributed by atoms with Crippen LogP contribution in [0.5, 0.6) is 0 Å². The number of anilines is 1. The molecular formula is C26H23N3O3. The van der Waals surface area contributed by atoms with Crippen molar-refractivity contribution in [2.45, 2.75) is 24.9 Å². The zero-order valence-corrected chi connectivity index (χ0v) is 17.4. The number of fused-ring (bicyclic) bond motifs is 3. The van der Waals surface area contributed by atoms with Crippen molar-refractivity contribution in [2.75, 3.05) is 5.32 Å². The van der Waals surface area contributed by atoms with Crippen molar-refractivity contribution < 1.29 is 9.72 Å². The predicted octanol–water partition coefficient (Wildman–Crippen LogP) is 5.35. The summed E-state index contributed by atoms with van der Waals surface area (Å²) < 4.78 is 0. The molecule has 3 aromatic carbocycles. The van der Waals surface area contributed by atoms with Crippen LogP contribution in [0.15, 0.2) is 84.9 Å². The lowest BCUT2D eigenvalue weighted by molar-refractivity contribution is -0.385. The molecule has 1 aliphatic carbocycles. The molecule has 2 N–H and O–H groups in total. The molecule has 5 rings (SSSR count). The molecule has 3 atom stereocenters. The minimum atomic E-state index is -0.331. The molecule has 3 unspecified atom stereocenters. The fourth-order valence-electron chi connectivity index (χ4n) is 4.91. The molecule has 32 heavy (non-hydrogen) atoms. The molecule has 0 aromatic heterocycles. The van der Waals surface area contributed by atoms with Crippen LogP contribution < -0.4 is 10.6 Å². The summed E-state index contributed by atoms with van der Waals surface area (Å²) in [6.07, 6.45) is 5.13. The van der Waals surface area contributed by atoms with Gasteiger partial charge in [-0.1, -0.05) is 72.8 Å². The maximum absolute atomic E-state index is 13.1. The minimum Gasteiger partial charge on any atom is -0.377 e. The molecular weight excluding hydrogens is 402 g/mol. The van der Waals surface area contributed by atoms with E-state index in [0.717, 1.165) is 23.2 Å². The number of hydrogen-bond acceptors (Lipinski definition) is 4. The topological polar surface area (TPSA) is 84.3 Å². The second kappa shape index (κ2) is 8.30. The SMILES string of the molecule is O=C(NCc1ccccc1)c1cccc2c1NC(c1ccccc1[N+](=O)[O-])C1CC=CC21. The lowest BCUT2D eigenvalue weighted by Crippen LogP contribution is -2.32. The fraction of sp³-hybridized carbons (Fsp3) is 0.192. The van der Waals surface area contributed by atoms with Crippen LogP contribution in [0.3, 0.4) is 0 Å². The zero-order chi connectivity index (χ0) is 22.1. The number of rotatable bonds is 5. The van der Waals surface area contributed by atoms with Crippen LogP contribution in [-0.4, -0.2) is 10.8 Å². The van der Waals surface area contributed by atoms with Crippen LogP contribution in [0.1, 0.15) is 45.4 Å². The molecule has 1 amide bonds. The Morgan fingerprint density at radius 2 is 1.75 bits per heavy atom. The highest BCUT2D eigenvalue weighted by atomic mass is 16.6. The second-order valence-corrected chi connectivity index (χ2v) is 8.23. The van der Waals surface area contributed by atoms with Crippen LogP contribution >= 0.6 is 0 Å². The van der Waals surface area contributed by atoms with Crippen molar-refractivity contribution in [1.29, 1.82) is 0 Å². The third-order valence-electron chi connectivity index (χ3n) is 6.41. The van der Waals surface area contributed by atoms with Crippen LogP contribution in [0.2, 0.25) is 0 Å². The van der Waals surface area contributed by atoms with Crippen molar-refractivity contribution in [3.63, 3.8) is 0 Å². The summed E-state index contributed by atoms with van der Waals surface area (Å²) in [5.74, 6) is 0.101. The highest BCUT2D eigenvalue weighted by Crippen LogP contribution is 2.51. The van der Waals surface area contributed by atoms with Crippen LogP contribution in [0.25, 0.3) is 0 Å². The van der Waals surface area contributed by atoms with Crippen molar-refractivity contribution in [1.82, 2.24) is 5.32 Å². The quantitative estimate of drug-likeness (QED) is 0.328. The Morgan fingerprint density at radius 1 is 1.00 bits per heavy atom. The molecule has 6 nitrogen and oxygen atoms in total. The third-order valence-corrected chi connectivity index (χ3v) is 6.41. The Kier molecular flexibility index (Phi) is 5.19. The number of hydrogen-bond donors (Lipinski definition) is 2. The first-order chi connectivity index (χ1) is 15.6. The summed E-state index contributed by atoms with van der Waals surface area (Å²) in [7, 11) is 0. The van der Waals surface area contributed by atoms with Gasteiger partial charge in [0.1, 0.15) is 0 Å². The van der Waals surface area contributed by atoms with E-state index in [1.54, 1.807) is 12.1 Å². The van der Waals surface area contributed by atoms with E-state index >= 15 is 0 Å². The summed E-state index contributed by atoms with van der Waals surface area (Å²) in [6, 6.07) is 22.1. The average molecular weight is 425 g/mol. The molecule has 3 aromatic rings. The van der Waals surface area contributed by atoms with Crippen LogP contribution in [-0.2, 0) is 6.54 Å². The van der Waals surface area contributed by atoms with E-state index < -0.39 is 0 Å². The number of amides is 1. The summed E-state index contributed by atoms with van der Waals surface area (Å²) in [6.45, 7) is 0.433. The van der Waals surface area contributed by atoms with E-state index in [0.29, 0.717) is 17.7 Å². The molecule has 0 spiro atoms. The van der Waals surface area contributed by atoms with Crippen molar-refractivity contribution in [3.8, 4) is 0 Å². The number of nitrogens with one attached hydrogen (secondary N) is 2. The van der Waals surface area contributed by atoms with Gasteiger partial charge in [-0.15, -0.1) is 0 Å². The van der Waals surface area contributed by atoms with Gasteiger partial charge in [-0.05, 0) is 29.5 Å². The summed E-state index contributed by atoms with van der Waals surface area (Å²) in [5.41, 5.74) is 4.15. The smallest absolute Gasteiger partial charge is 0.274 e. The summed E-state index contributed by atoms with van der Waals surface area (Å²) in [5, 5.41) is 18.2. The fourth-order valence-corrected chi connectivity index (χ4v) is 4.91. The molecule has 0 bridgehead atoms. The molecule has 0 radical (unpaired) electrons. The van der Waals surface area contributed by atoms with Crippen molar-refractivity contribution in [2.24, 2.45) is 5.92 Å². The van der Waals surface area contributed by atoms with E-state index in [4.69, 9.17) is 0 Å². The highest BCUT2D eigenvalue weighted by molar-refractivity contribution is 6.00. The lowest BCUT2D eigenvalue weighted by atomic mass is 9.76. The van der Waals surface area contributed by atoms with Crippen LogP contribution in [0, 0.1) is 16.0 Å². The Balaban J connectivity index is 1.51. The van der Waals surface area contributed by atoms with Crippen LogP contribution in [0.4, 0.5) is 11.4 Å². The number of para-hydroxylation sites is 2. The Labute approximate surface area is 186 Å². The maximum atomic E-state index is 13.1. The number of carbonyl (C=O) groups is 1. The van der Waals surface area contributed by atoms with Gasteiger partial charge in [-0.25, -0.2) is 0 Å². The molecule has 1 aliphatic heterocycles. The second-order valence-electron chi connectivity index (χ2n) is 8.23. The maximum Gasteiger partial charge on any atom is 0.274 e. The molecule has 0 fully saturated rings. The molecule has 0 saturated carbocycles. The average Bonchev–Trinajstić information content (AvgIpc) is 3.32. The Bertz CT molecular complexity index is 1210. The van der Waals surface area contributed by atoms with E-state index in [2.05, 4.69) is 22.8 Å². The Morgan fingerprint density at radius 3 is 2.56 bits per heavy atom. The first kappa shape index (κ1) is 20.0. The van der Waals surface area contributed by atoms with Crippen molar-refractivity contribution >= 4 is 17.3 Å². The summed E-state index contributed by atoms with van der Waals surface area (Å²) in [4.78, 5) is 24.5. The van der Waals surface area contributed by atoms with Gasteiger partial charge >= 0.3 is 0 Å². The number of carbonyl (C=O) groups excluding carboxylic acids is 1. The molecule has 0 saturated heterocycles. The summed E-state index contributed by atoms with van der Waals surface area (Å²) >= 11 is 0. The minimum absolute atomic E-state index is 0.102. The van der Waals surface area contributed by atoms with Gasteiger partial charge in [0, 0.05) is 18.5 Å². The first-order valence-corrected chi connectivity index (χ1v) is 10.7. The van der Waals surface area contributed by atoms with Gasteiger partial charge in [-0.2, -0.15) is 0 Å². The molecule has 1 heterocycles. The first-order valence-electron chi connectivity index (χ1n) is 10.7. The zero-order valence-electron chi connectivity index (χ0n) is 17.4. The number of benzene rings is 3. The van der Waals surface area contributed by atoms with E-state index in [-0.39, 0.29) is 34.4 Å². The number of nitro groups is 1. The monoisotopic (exact) mass is 425 g/mol. The normalized spacial score (nSPS) is 20.7. The van der Waals surface area contributed by atoms with E-state index in [1.807, 2.05) is 60.7 Å². The molecule has 6 heteroatoms. The number of allylic oxidation sites excluding steroid dienone is 2. The van der Waals surface area contributed by atoms with Gasteiger partial charge in [0.05, 0.1) is 27.8 Å². The Hall–Kier alpha value is -3.93. The van der Waals surface area contributed by atoms with E-state index in [1.165, 1.54) is 0 Å². The number of nitro benzene ring substituents is 1. The lowest BCUT2D eigenvalue weighted by Gasteiger charge is -2.38. The standard InChI is InChI=1S/C26H23N3O3/c30-26(27-16-17-8-2-1-3-9-17)22-14-7-13-20-18-11-6-12-19(18)24(28-25(20)22)21-10-4-5-15-23(21)29(31)32/h1-11,13-15,18-19,24,28H,12,16H2,(H,27,30). The third kappa shape index (κ3) is 3.54. The van der Waals surface area contributed by atoms with Gasteiger partial charge in [0.2, 0.25) is 0 Å². The highest BCUT2D eigenvalue weighted by Gasteiger charge is 2.41. The van der Waals surface area contributed by atoms with Gasteiger partial charge in [-0.3, -0.25) is 14.9 Å². The van der Waals surface area contributed by atoms with Gasteiger partial charge in [0.25, 0.3) is 11.6 Å². The molecule has 160 valence electrons. The van der Waals surface area contributed by atoms with Crippen molar-refractivity contribution in [3.05, 3.63) is 117 Å². The van der Waals surface area contributed by atoms with Gasteiger partial charge < -0.3 is 10.6 Å². The largest absolute Gasteiger partial charge is 0.377 e. The van der Waals surface area contributed by atoms with E-state index in [9.17, 15) is 14.9 Å². The van der Waals surface area contributed by atoms with Gasteiger partial charge in [0.15, 0.2) is 0 Å². The molecule has 2 aliphatic rings. The predicted molar refractivity (Wildman–Crippen MR) is 124 cm³/mol.